The van der Waals surface area contributed by atoms with E-state index in [0.717, 1.165) is 25.7 Å². The van der Waals surface area contributed by atoms with Gasteiger partial charge in [-0.3, -0.25) is 4.79 Å². The summed E-state index contributed by atoms with van der Waals surface area (Å²) < 4.78 is 0. The van der Waals surface area contributed by atoms with E-state index in [1.54, 1.807) is 11.8 Å². The molecule has 0 aromatic rings. The van der Waals surface area contributed by atoms with E-state index in [1.807, 2.05) is 13.8 Å². The van der Waals surface area contributed by atoms with Crippen LogP contribution in [-0.4, -0.2) is 34.0 Å². The van der Waals surface area contributed by atoms with E-state index in [0.29, 0.717) is 0 Å². The minimum absolute atomic E-state index is 0.0317. The van der Waals surface area contributed by atoms with E-state index in [2.05, 4.69) is 6.92 Å². The monoisotopic (exact) mass is 255 g/mol. The molecule has 4 heteroatoms. The number of hydrogen-bond donors (Lipinski definition) is 1. The van der Waals surface area contributed by atoms with Crippen LogP contribution in [0.3, 0.4) is 0 Å². The molecule has 1 N–H and O–H groups in total. The summed E-state index contributed by atoms with van der Waals surface area (Å²) in [5.74, 6) is -0.657. The quantitative estimate of drug-likeness (QED) is 0.760. The number of rotatable bonds is 7. The maximum atomic E-state index is 12.6. The van der Waals surface area contributed by atoms with Crippen LogP contribution in [0.5, 0.6) is 0 Å². The SMILES string of the molecule is CCCC(C(=O)N(C1CC1)C(C)C(=O)O)C(C)C. The van der Waals surface area contributed by atoms with Gasteiger partial charge in [0.1, 0.15) is 6.04 Å². The third kappa shape index (κ3) is 3.47. The smallest absolute Gasteiger partial charge is 0.326 e. The van der Waals surface area contributed by atoms with Crippen molar-refractivity contribution in [3.8, 4) is 0 Å². The number of nitrogens with zero attached hydrogens (tertiary/aromatic N) is 1. The maximum Gasteiger partial charge on any atom is 0.326 e. The van der Waals surface area contributed by atoms with Crippen molar-refractivity contribution in [1.82, 2.24) is 4.90 Å². The molecular formula is C14H25NO3. The number of carbonyl (C=O) groups excluding carboxylic acids is 1. The standard InChI is InChI=1S/C14H25NO3/c1-5-6-12(9(2)3)13(16)15(11-7-8-11)10(4)14(17)18/h9-12H,5-8H2,1-4H3,(H,17,18). The topological polar surface area (TPSA) is 57.6 Å². The molecule has 1 saturated carbocycles. The van der Waals surface area contributed by atoms with Crippen LogP contribution in [0.1, 0.15) is 53.4 Å². The zero-order chi connectivity index (χ0) is 13.9. The summed E-state index contributed by atoms with van der Waals surface area (Å²) in [5, 5.41) is 9.13. The van der Waals surface area contributed by atoms with Crippen LogP contribution in [0, 0.1) is 11.8 Å². The Morgan fingerprint density at radius 2 is 1.83 bits per heavy atom. The average Bonchev–Trinajstić information content (AvgIpc) is 3.09. The van der Waals surface area contributed by atoms with Crippen LogP contribution < -0.4 is 0 Å². The summed E-state index contributed by atoms with van der Waals surface area (Å²) in [5.41, 5.74) is 0. The van der Waals surface area contributed by atoms with Crippen LogP contribution in [0.25, 0.3) is 0 Å². The minimum atomic E-state index is -0.908. The molecule has 0 bridgehead atoms. The third-order valence-electron chi connectivity index (χ3n) is 3.69. The molecule has 1 aliphatic carbocycles. The van der Waals surface area contributed by atoms with Crippen LogP contribution in [-0.2, 0) is 9.59 Å². The summed E-state index contributed by atoms with van der Waals surface area (Å²) in [4.78, 5) is 25.3. The van der Waals surface area contributed by atoms with Crippen molar-refractivity contribution in [1.29, 1.82) is 0 Å². The molecule has 2 unspecified atom stereocenters. The van der Waals surface area contributed by atoms with Crippen LogP contribution in [0.2, 0.25) is 0 Å². The average molecular weight is 255 g/mol. The van der Waals surface area contributed by atoms with Gasteiger partial charge in [0.15, 0.2) is 0 Å². The lowest BCUT2D eigenvalue weighted by atomic mass is 9.89. The molecule has 18 heavy (non-hydrogen) atoms. The second kappa shape index (κ2) is 6.21. The summed E-state index contributed by atoms with van der Waals surface area (Å²) in [6.45, 7) is 7.75. The summed E-state index contributed by atoms with van der Waals surface area (Å²) >= 11 is 0. The van der Waals surface area contributed by atoms with Gasteiger partial charge < -0.3 is 10.0 Å². The molecule has 4 nitrogen and oxygen atoms in total. The van der Waals surface area contributed by atoms with Gasteiger partial charge in [0.25, 0.3) is 0 Å². The first-order chi connectivity index (χ1) is 8.40. The van der Waals surface area contributed by atoms with Gasteiger partial charge in [0.2, 0.25) is 5.91 Å². The highest BCUT2D eigenvalue weighted by molar-refractivity contribution is 5.85. The Hall–Kier alpha value is -1.06. The van der Waals surface area contributed by atoms with Crippen molar-refractivity contribution < 1.29 is 14.7 Å². The van der Waals surface area contributed by atoms with E-state index in [1.165, 1.54) is 0 Å². The number of hydrogen-bond acceptors (Lipinski definition) is 2. The Morgan fingerprint density at radius 1 is 1.28 bits per heavy atom. The zero-order valence-corrected chi connectivity index (χ0v) is 11.8. The number of aliphatic carboxylic acids is 1. The lowest BCUT2D eigenvalue weighted by Crippen LogP contribution is -2.48. The van der Waals surface area contributed by atoms with Gasteiger partial charge in [-0.15, -0.1) is 0 Å². The number of carboxylic acids is 1. The first kappa shape index (κ1) is 15.0. The molecular weight excluding hydrogens is 230 g/mol. The Labute approximate surface area is 109 Å². The van der Waals surface area contributed by atoms with Gasteiger partial charge in [0.05, 0.1) is 0 Å². The Bertz CT molecular complexity index is 310. The Balaban J connectivity index is 2.83. The van der Waals surface area contributed by atoms with Crippen molar-refractivity contribution in [3.05, 3.63) is 0 Å². The van der Waals surface area contributed by atoms with Crippen LogP contribution in [0.15, 0.2) is 0 Å². The lowest BCUT2D eigenvalue weighted by Gasteiger charge is -2.32. The molecule has 1 amide bonds. The predicted octanol–water partition coefficient (Wildman–Crippen LogP) is 2.52. The molecule has 104 valence electrons. The maximum absolute atomic E-state index is 12.6. The molecule has 0 aromatic heterocycles. The van der Waals surface area contributed by atoms with E-state index >= 15 is 0 Å². The summed E-state index contributed by atoms with van der Waals surface area (Å²) in [6, 6.07) is -0.551. The summed E-state index contributed by atoms with van der Waals surface area (Å²) in [7, 11) is 0. The van der Waals surface area contributed by atoms with Crippen molar-refractivity contribution in [3.63, 3.8) is 0 Å². The van der Waals surface area contributed by atoms with Crippen molar-refractivity contribution in [2.75, 3.05) is 0 Å². The third-order valence-corrected chi connectivity index (χ3v) is 3.69. The highest BCUT2D eigenvalue weighted by Crippen LogP contribution is 2.32. The molecule has 1 fully saturated rings. The predicted molar refractivity (Wildman–Crippen MR) is 70.2 cm³/mol. The molecule has 0 saturated heterocycles. The van der Waals surface area contributed by atoms with Gasteiger partial charge in [-0.2, -0.15) is 0 Å². The zero-order valence-electron chi connectivity index (χ0n) is 11.8. The highest BCUT2D eigenvalue weighted by Gasteiger charge is 2.41. The molecule has 0 radical (unpaired) electrons. The number of carboxylic acid groups (broad SMARTS) is 1. The van der Waals surface area contributed by atoms with Gasteiger partial charge in [-0.1, -0.05) is 27.2 Å². The molecule has 0 spiro atoms. The fraction of sp³-hybridized carbons (Fsp3) is 0.857. The van der Waals surface area contributed by atoms with E-state index in [9.17, 15) is 9.59 Å². The van der Waals surface area contributed by atoms with Crippen LogP contribution >= 0.6 is 0 Å². The molecule has 0 heterocycles. The Kier molecular flexibility index (Phi) is 5.17. The van der Waals surface area contributed by atoms with Crippen molar-refractivity contribution in [2.45, 2.75) is 65.5 Å². The van der Waals surface area contributed by atoms with E-state index in [-0.39, 0.29) is 23.8 Å². The van der Waals surface area contributed by atoms with Gasteiger partial charge in [-0.05, 0) is 32.1 Å². The fourth-order valence-corrected chi connectivity index (χ4v) is 2.40. The van der Waals surface area contributed by atoms with Gasteiger partial charge in [-0.25, -0.2) is 4.79 Å². The molecule has 2 atom stereocenters. The van der Waals surface area contributed by atoms with Gasteiger partial charge >= 0.3 is 5.97 Å². The van der Waals surface area contributed by atoms with Crippen molar-refractivity contribution in [2.24, 2.45) is 11.8 Å². The Morgan fingerprint density at radius 3 is 2.17 bits per heavy atom. The minimum Gasteiger partial charge on any atom is -0.480 e. The highest BCUT2D eigenvalue weighted by atomic mass is 16.4. The molecule has 0 aromatic carbocycles. The number of carbonyl (C=O) groups is 2. The fourth-order valence-electron chi connectivity index (χ4n) is 2.40. The lowest BCUT2D eigenvalue weighted by molar-refractivity contribution is -0.152. The van der Waals surface area contributed by atoms with Crippen molar-refractivity contribution >= 4 is 11.9 Å². The largest absolute Gasteiger partial charge is 0.480 e. The molecule has 0 aliphatic heterocycles. The number of amides is 1. The second-order valence-corrected chi connectivity index (χ2v) is 5.63. The van der Waals surface area contributed by atoms with E-state index in [4.69, 9.17) is 5.11 Å². The molecule has 1 aliphatic rings. The second-order valence-electron chi connectivity index (χ2n) is 5.63. The van der Waals surface area contributed by atoms with Gasteiger partial charge in [0, 0.05) is 12.0 Å². The molecule has 1 rings (SSSR count). The normalized spacial score (nSPS) is 18.5. The van der Waals surface area contributed by atoms with Crippen LogP contribution in [0.4, 0.5) is 0 Å². The first-order valence-corrected chi connectivity index (χ1v) is 6.95. The summed E-state index contributed by atoms with van der Waals surface area (Å²) in [6.07, 6.45) is 3.68. The first-order valence-electron chi connectivity index (χ1n) is 6.95. The van der Waals surface area contributed by atoms with E-state index < -0.39 is 12.0 Å².